The lowest BCUT2D eigenvalue weighted by atomic mass is 9.79. The second kappa shape index (κ2) is 8.18. The molecule has 1 fully saturated rings. The van der Waals surface area contributed by atoms with Gasteiger partial charge in [0.2, 0.25) is 0 Å². The molecular formula is C19H27NO4. The van der Waals surface area contributed by atoms with Crippen molar-refractivity contribution in [1.29, 1.82) is 0 Å². The molecule has 1 amide bonds. The minimum absolute atomic E-state index is 0.0163. The highest BCUT2D eigenvalue weighted by atomic mass is 16.5. The van der Waals surface area contributed by atoms with Crippen LogP contribution in [0.1, 0.15) is 42.4 Å². The number of hydrogen-bond acceptors (Lipinski definition) is 3. The van der Waals surface area contributed by atoms with Gasteiger partial charge in [0.15, 0.2) is 6.61 Å². The molecule has 0 aliphatic heterocycles. The van der Waals surface area contributed by atoms with Crippen molar-refractivity contribution in [3.63, 3.8) is 0 Å². The van der Waals surface area contributed by atoms with Gasteiger partial charge >= 0.3 is 5.97 Å². The first-order valence-corrected chi connectivity index (χ1v) is 8.59. The number of carboxylic acids is 1. The normalized spacial score (nSPS) is 20.5. The maximum Gasteiger partial charge on any atom is 0.306 e. The first-order chi connectivity index (χ1) is 11.4. The van der Waals surface area contributed by atoms with Gasteiger partial charge in [-0.15, -0.1) is 0 Å². The van der Waals surface area contributed by atoms with Crippen LogP contribution < -0.4 is 10.1 Å². The molecule has 2 rings (SSSR count). The summed E-state index contributed by atoms with van der Waals surface area (Å²) in [6.45, 7) is 6.31. The van der Waals surface area contributed by atoms with Crippen LogP contribution in [-0.4, -0.2) is 30.1 Å². The number of carboxylic acid groups (broad SMARTS) is 1. The second-order valence-electron chi connectivity index (χ2n) is 6.74. The van der Waals surface area contributed by atoms with Crippen LogP contribution >= 0.6 is 0 Å². The van der Waals surface area contributed by atoms with Gasteiger partial charge in [-0.3, -0.25) is 9.59 Å². The molecule has 5 heteroatoms. The monoisotopic (exact) mass is 333 g/mol. The standard InChI is InChI=1S/C19H27NO4/c1-12-8-9-13(2)18(14(12)3)24-11-17(21)20-10-15-6-4-5-7-16(15)19(22)23/h8-9,15-16H,4-7,10-11H2,1-3H3,(H,20,21)(H,22,23)/t15-,16-/m0/s1. The Hall–Kier alpha value is -2.04. The summed E-state index contributed by atoms with van der Waals surface area (Å²) in [6, 6.07) is 4.02. The lowest BCUT2D eigenvalue weighted by molar-refractivity contribution is -0.145. The Kier molecular flexibility index (Phi) is 6.23. The summed E-state index contributed by atoms with van der Waals surface area (Å²) in [7, 11) is 0. The predicted molar refractivity (Wildman–Crippen MR) is 92.2 cm³/mol. The van der Waals surface area contributed by atoms with E-state index in [1.165, 1.54) is 0 Å². The van der Waals surface area contributed by atoms with Crippen LogP contribution in [0.15, 0.2) is 12.1 Å². The SMILES string of the molecule is Cc1ccc(C)c(OCC(=O)NC[C@@H]2CCCC[C@@H]2C(=O)O)c1C. The molecule has 2 atom stereocenters. The van der Waals surface area contributed by atoms with Crippen LogP contribution in [0, 0.1) is 32.6 Å². The van der Waals surface area contributed by atoms with E-state index in [1.54, 1.807) is 0 Å². The Labute approximate surface area is 143 Å². The first-order valence-electron chi connectivity index (χ1n) is 8.59. The molecule has 132 valence electrons. The van der Waals surface area contributed by atoms with Crippen molar-refractivity contribution in [3.05, 3.63) is 28.8 Å². The number of amides is 1. The Morgan fingerprint density at radius 2 is 1.83 bits per heavy atom. The zero-order valence-electron chi connectivity index (χ0n) is 14.7. The third-order valence-electron chi connectivity index (χ3n) is 5.01. The van der Waals surface area contributed by atoms with Crippen LogP contribution in [0.25, 0.3) is 0 Å². The van der Waals surface area contributed by atoms with Crippen molar-refractivity contribution in [1.82, 2.24) is 5.32 Å². The topological polar surface area (TPSA) is 75.6 Å². The quantitative estimate of drug-likeness (QED) is 0.839. The van der Waals surface area contributed by atoms with Gasteiger partial charge in [-0.05, 0) is 56.2 Å². The van der Waals surface area contributed by atoms with Crippen LogP contribution in [0.3, 0.4) is 0 Å². The van der Waals surface area contributed by atoms with Crippen molar-refractivity contribution in [3.8, 4) is 5.75 Å². The lowest BCUT2D eigenvalue weighted by Gasteiger charge is -2.28. The van der Waals surface area contributed by atoms with E-state index in [4.69, 9.17) is 4.74 Å². The van der Waals surface area contributed by atoms with Gasteiger partial charge in [0.05, 0.1) is 5.92 Å². The first kappa shape index (κ1) is 18.3. The predicted octanol–water partition coefficient (Wildman–Crippen LogP) is 3.00. The number of ether oxygens (including phenoxy) is 1. The van der Waals surface area contributed by atoms with Gasteiger partial charge in [-0.25, -0.2) is 0 Å². The molecule has 0 unspecified atom stereocenters. The highest BCUT2D eigenvalue weighted by Crippen LogP contribution is 2.30. The molecule has 2 N–H and O–H groups in total. The minimum atomic E-state index is -0.754. The van der Waals surface area contributed by atoms with Gasteiger partial charge in [0, 0.05) is 6.54 Å². The highest BCUT2D eigenvalue weighted by Gasteiger charge is 2.30. The number of benzene rings is 1. The Balaban J connectivity index is 1.86. The van der Waals surface area contributed by atoms with E-state index in [-0.39, 0.29) is 24.3 Å². The molecule has 0 spiro atoms. The maximum atomic E-state index is 12.1. The number of aryl methyl sites for hydroxylation is 2. The molecule has 0 heterocycles. The van der Waals surface area contributed by atoms with Gasteiger partial charge in [0.25, 0.3) is 5.91 Å². The number of carbonyl (C=O) groups excluding carboxylic acids is 1. The molecule has 1 aromatic carbocycles. The minimum Gasteiger partial charge on any atom is -0.483 e. The average molecular weight is 333 g/mol. The molecule has 0 aromatic heterocycles. The largest absolute Gasteiger partial charge is 0.483 e. The molecule has 1 aliphatic carbocycles. The van der Waals surface area contributed by atoms with E-state index >= 15 is 0 Å². The van der Waals surface area contributed by atoms with E-state index in [1.807, 2.05) is 32.9 Å². The van der Waals surface area contributed by atoms with E-state index < -0.39 is 5.97 Å². The van der Waals surface area contributed by atoms with Crippen LogP contribution in [0.4, 0.5) is 0 Å². The van der Waals surface area contributed by atoms with Crippen molar-refractivity contribution in [2.24, 2.45) is 11.8 Å². The number of hydrogen-bond donors (Lipinski definition) is 2. The number of nitrogens with one attached hydrogen (secondary N) is 1. The van der Waals surface area contributed by atoms with Crippen LogP contribution in [0.5, 0.6) is 5.75 Å². The summed E-state index contributed by atoms with van der Waals surface area (Å²) in [5.74, 6) is -0.531. The van der Waals surface area contributed by atoms with E-state index in [2.05, 4.69) is 5.32 Å². The summed E-state index contributed by atoms with van der Waals surface area (Å²) < 4.78 is 5.70. The van der Waals surface area contributed by atoms with Crippen molar-refractivity contribution in [2.45, 2.75) is 46.5 Å². The number of aliphatic carboxylic acids is 1. The third-order valence-corrected chi connectivity index (χ3v) is 5.01. The van der Waals surface area contributed by atoms with Gasteiger partial charge in [-0.2, -0.15) is 0 Å². The zero-order chi connectivity index (χ0) is 17.7. The zero-order valence-corrected chi connectivity index (χ0v) is 14.7. The van der Waals surface area contributed by atoms with E-state index in [0.29, 0.717) is 13.0 Å². The Morgan fingerprint density at radius 3 is 2.54 bits per heavy atom. The van der Waals surface area contributed by atoms with E-state index in [9.17, 15) is 14.7 Å². The molecule has 1 aromatic rings. The fourth-order valence-electron chi connectivity index (χ4n) is 3.36. The maximum absolute atomic E-state index is 12.1. The summed E-state index contributed by atoms with van der Waals surface area (Å²) in [5.41, 5.74) is 3.17. The molecular weight excluding hydrogens is 306 g/mol. The number of rotatable bonds is 6. The van der Waals surface area contributed by atoms with Crippen molar-refractivity contribution < 1.29 is 19.4 Å². The number of carbonyl (C=O) groups is 2. The van der Waals surface area contributed by atoms with Gasteiger partial charge < -0.3 is 15.2 Å². The Bertz CT molecular complexity index is 612. The van der Waals surface area contributed by atoms with Crippen molar-refractivity contribution >= 4 is 11.9 Å². The van der Waals surface area contributed by atoms with E-state index in [0.717, 1.165) is 41.7 Å². The lowest BCUT2D eigenvalue weighted by Crippen LogP contribution is -2.39. The molecule has 1 aliphatic rings. The fraction of sp³-hybridized carbons (Fsp3) is 0.579. The molecule has 0 saturated heterocycles. The van der Waals surface area contributed by atoms with Gasteiger partial charge in [0.1, 0.15) is 5.75 Å². The molecule has 0 radical (unpaired) electrons. The second-order valence-corrected chi connectivity index (χ2v) is 6.74. The van der Waals surface area contributed by atoms with Crippen LogP contribution in [0.2, 0.25) is 0 Å². The highest BCUT2D eigenvalue weighted by molar-refractivity contribution is 5.77. The molecule has 0 bridgehead atoms. The average Bonchev–Trinajstić information content (AvgIpc) is 2.56. The smallest absolute Gasteiger partial charge is 0.306 e. The van der Waals surface area contributed by atoms with Gasteiger partial charge in [-0.1, -0.05) is 25.0 Å². The molecule has 24 heavy (non-hydrogen) atoms. The van der Waals surface area contributed by atoms with Crippen LogP contribution in [-0.2, 0) is 9.59 Å². The summed E-state index contributed by atoms with van der Waals surface area (Å²) in [6.07, 6.45) is 3.54. The fourth-order valence-corrected chi connectivity index (χ4v) is 3.36. The summed E-state index contributed by atoms with van der Waals surface area (Å²) in [4.78, 5) is 23.3. The molecule has 5 nitrogen and oxygen atoms in total. The third kappa shape index (κ3) is 4.49. The Morgan fingerprint density at radius 1 is 1.17 bits per heavy atom. The summed E-state index contributed by atoms with van der Waals surface area (Å²) in [5, 5.41) is 12.1. The summed E-state index contributed by atoms with van der Waals surface area (Å²) >= 11 is 0. The van der Waals surface area contributed by atoms with Crippen molar-refractivity contribution in [2.75, 3.05) is 13.2 Å². The molecule has 1 saturated carbocycles.